The van der Waals surface area contributed by atoms with Gasteiger partial charge in [0.15, 0.2) is 0 Å². The first kappa shape index (κ1) is 12.5. The van der Waals surface area contributed by atoms with Crippen LogP contribution >= 0.6 is 0 Å². The van der Waals surface area contributed by atoms with Crippen LogP contribution in [0.3, 0.4) is 0 Å². The quantitative estimate of drug-likeness (QED) is 0.803. The van der Waals surface area contributed by atoms with Crippen LogP contribution in [0.1, 0.15) is 37.7 Å². The van der Waals surface area contributed by atoms with Crippen LogP contribution in [-0.4, -0.2) is 17.3 Å². The highest BCUT2D eigenvalue weighted by atomic mass is 17.2. The van der Waals surface area contributed by atoms with Gasteiger partial charge in [-0.2, -0.15) is 4.89 Å². The van der Waals surface area contributed by atoms with E-state index in [0.29, 0.717) is 6.61 Å². The fourth-order valence-corrected chi connectivity index (χ4v) is 1.59. The van der Waals surface area contributed by atoms with Gasteiger partial charge in [0, 0.05) is 12.0 Å². The molecule has 94 valence electrons. The van der Waals surface area contributed by atoms with Crippen molar-refractivity contribution in [2.24, 2.45) is 0 Å². The Kier molecular flexibility index (Phi) is 3.79. The number of hydrogen-bond donors (Lipinski definition) is 1. The van der Waals surface area contributed by atoms with Crippen molar-refractivity contribution in [1.29, 1.82) is 0 Å². The molecule has 1 aromatic carbocycles. The number of aliphatic hydroxyl groups excluding tert-OH is 1. The molecule has 4 nitrogen and oxygen atoms in total. The Morgan fingerprint density at radius 3 is 2.65 bits per heavy atom. The van der Waals surface area contributed by atoms with E-state index in [1.807, 2.05) is 38.1 Å². The maximum atomic E-state index is 8.97. The first-order valence-corrected chi connectivity index (χ1v) is 5.76. The minimum Gasteiger partial charge on any atom is -0.392 e. The van der Waals surface area contributed by atoms with E-state index in [-0.39, 0.29) is 12.2 Å². The molecule has 1 aliphatic rings. The topological polar surface area (TPSA) is 47.9 Å². The highest BCUT2D eigenvalue weighted by Crippen LogP contribution is 2.28. The van der Waals surface area contributed by atoms with Gasteiger partial charge in [-0.1, -0.05) is 24.3 Å². The van der Waals surface area contributed by atoms with E-state index in [2.05, 4.69) is 0 Å². The lowest BCUT2D eigenvalue weighted by molar-refractivity contribution is -0.405. The molecule has 0 radical (unpaired) electrons. The minimum absolute atomic E-state index is 0.0379. The summed E-state index contributed by atoms with van der Waals surface area (Å²) in [6.45, 7) is 4.57. The molecule has 17 heavy (non-hydrogen) atoms. The van der Waals surface area contributed by atoms with Crippen LogP contribution in [0.2, 0.25) is 0 Å². The van der Waals surface area contributed by atoms with E-state index in [0.717, 1.165) is 17.5 Å². The van der Waals surface area contributed by atoms with Crippen molar-refractivity contribution < 1.29 is 19.6 Å². The van der Waals surface area contributed by atoms with Crippen molar-refractivity contribution in [3.63, 3.8) is 0 Å². The van der Waals surface area contributed by atoms with E-state index >= 15 is 0 Å². The van der Waals surface area contributed by atoms with E-state index in [1.165, 1.54) is 0 Å². The molecule has 1 N–H and O–H groups in total. The number of ether oxygens (including phenoxy) is 1. The summed E-state index contributed by atoms with van der Waals surface area (Å²) in [6.07, 6.45) is 0.294. The van der Waals surface area contributed by atoms with Gasteiger partial charge in [-0.3, -0.25) is 0 Å². The molecule has 0 aliphatic carbocycles. The molecule has 0 saturated carbocycles. The SMILES string of the molecule is CC1(C)CCOC(c2ccc(CO)cc2)OO1. The first-order chi connectivity index (χ1) is 8.11. The second-order valence-corrected chi connectivity index (χ2v) is 4.79. The Hall–Kier alpha value is -0.940. The summed E-state index contributed by atoms with van der Waals surface area (Å²) in [4.78, 5) is 10.6. The molecule has 4 heteroatoms. The third kappa shape index (κ3) is 3.26. The van der Waals surface area contributed by atoms with Gasteiger partial charge in [0.1, 0.15) is 5.60 Å². The van der Waals surface area contributed by atoms with Gasteiger partial charge in [0.2, 0.25) is 6.29 Å². The average molecular weight is 238 g/mol. The predicted octanol–water partition coefficient (Wildman–Crippen LogP) is 2.32. The van der Waals surface area contributed by atoms with E-state index in [9.17, 15) is 0 Å². The molecule has 0 aromatic heterocycles. The number of rotatable bonds is 2. The summed E-state index contributed by atoms with van der Waals surface area (Å²) in [6, 6.07) is 7.44. The van der Waals surface area contributed by atoms with Gasteiger partial charge in [-0.05, 0) is 19.4 Å². The molecule has 1 aliphatic heterocycles. The summed E-state index contributed by atoms with van der Waals surface area (Å²) in [5.74, 6) is 0. The molecule has 1 saturated heterocycles. The molecule has 0 bridgehead atoms. The van der Waals surface area contributed by atoms with Crippen LogP contribution in [0.25, 0.3) is 0 Å². The maximum Gasteiger partial charge on any atom is 0.217 e. The number of hydrogen-bond acceptors (Lipinski definition) is 4. The van der Waals surface area contributed by atoms with Gasteiger partial charge >= 0.3 is 0 Å². The lowest BCUT2D eigenvalue weighted by Crippen LogP contribution is -2.23. The zero-order valence-corrected chi connectivity index (χ0v) is 10.2. The normalized spacial score (nSPS) is 24.3. The Labute approximate surface area is 101 Å². The third-order valence-corrected chi connectivity index (χ3v) is 2.77. The van der Waals surface area contributed by atoms with Crippen molar-refractivity contribution in [3.8, 4) is 0 Å². The molecular weight excluding hydrogens is 220 g/mol. The fraction of sp³-hybridized carbons (Fsp3) is 0.538. The third-order valence-electron chi connectivity index (χ3n) is 2.77. The Morgan fingerprint density at radius 1 is 1.29 bits per heavy atom. The first-order valence-electron chi connectivity index (χ1n) is 5.76. The molecule has 1 atom stereocenters. The molecular formula is C13H18O4. The van der Waals surface area contributed by atoms with Crippen molar-refractivity contribution in [2.45, 2.75) is 38.8 Å². The molecule has 1 fully saturated rings. The summed E-state index contributed by atoms with van der Waals surface area (Å²) in [7, 11) is 0. The van der Waals surface area contributed by atoms with Crippen LogP contribution in [0.15, 0.2) is 24.3 Å². The number of aliphatic hydroxyl groups is 1. The van der Waals surface area contributed by atoms with Crippen molar-refractivity contribution >= 4 is 0 Å². The van der Waals surface area contributed by atoms with Crippen LogP contribution in [-0.2, 0) is 21.1 Å². The highest BCUT2D eigenvalue weighted by molar-refractivity contribution is 5.22. The van der Waals surface area contributed by atoms with E-state index in [1.54, 1.807) is 0 Å². The Bertz CT molecular complexity index is 358. The lowest BCUT2D eigenvalue weighted by atomic mass is 10.1. The smallest absolute Gasteiger partial charge is 0.217 e. The lowest BCUT2D eigenvalue weighted by Gasteiger charge is -2.20. The monoisotopic (exact) mass is 238 g/mol. The predicted molar refractivity (Wildman–Crippen MR) is 61.9 cm³/mol. The standard InChI is InChI=1S/C13H18O4/c1-13(2)7-8-15-12(16-17-13)11-5-3-10(9-14)4-6-11/h3-6,12,14H,7-9H2,1-2H3. The molecule has 0 amide bonds. The highest BCUT2D eigenvalue weighted by Gasteiger charge is 2.27. The van der Waals surface area contributed by atoms with Crippen LogP contribution in [0, 0.1) is 0 Å². The molecule has 0 spiro atoms. The summed E-state index contributed by atoms with van der Waals surface area (Å²) < 4.78 is 5.59. The maximum absolute atomic E-state index is 8.97. The number of benzene rings is 1. The van der Waals surface area contributed by atoms with Crippen LogP contribution in [0.4, 0.5) is 0 Å². The molecule has 1 unspecified atom stereocenters. The average Bonchev–Trinajstić information content (AvgIpc) is 2.50. The van der Waals surface area contributed by atoms with Crippen LogP contribution < -0.4 is 0 Å². The summed E-state index contributed by atoms with van der Waals surface area (Å²) in [5.41, 5.74) is 1.43. The molecule has 1 heterocycles. The zero-order chi connectivity index (χ0) is 12.3. The second-order valence-electron chi connectivity index (χ2n) is 4.79. The fourth-order valence-electron chi connectivity index (χ4n) is 1.59. The van der Waals surface area contributed by atoms with Crippen molar-refractivity contribution in [3.05, 3.63) is 35.4 Å². The van der Waals surface area contributed by atoms with Crippen molar-refractivity contribution in [2.75, 3.05) is 6.61 Å². The van der Waals surface area contributed by atoms with Crippen LogP contribution in [0.5, 0.6) is 0 Å². The van der Waals surface area contributed by atoms with E-state index < -0.39 is 6.29 Å². The van der Waals surface area contributed by atoms with Gasteiger partial charge in [-0.15, -0.1) is 0 Å². The van der Waals surface area contributed by atoms with Gasteiger partial charge in [0.05, 0.1) is 13.2 Å². The van der Waals surface area contributed by atoms with Gasteiger partial charge < -0.3 is 9.84 Å². The Morgan fingerprint density at radius 2 is 2.00 bits per heavy atom. The summed E-state index contributed by atoms with van der Waals surface area (Å²) >= 11 is 0. The largest absolute Gasteiger partial charge is 0.392 e. The van der Waals surface area contributed by atoms with Gasteiger partial charge in [-0.25, -0.2) is 4.89 Å². The molecule has 2 rings (SSSR count). The molecule has 1 aromatic rings. The zero-order valence-electron chi connectivity index (χ0n) is 10.2. The summed E-state index contributed by atoms with van der Waals surface area (Å²) in [5, 5.41) is 8.97. The minimum atomic E-state index is -0.496. The second kappa shape index (κ2) is 5.14. The van der Waals surface area contributed by atoms with E-state index in [4.69, 9.17) is 19.6 Å². The van der Waals surface area contributed by atoms with Crippen molar-refractivity contribution in [1.82, 2.24) is 0 Å². The Balaban J connectivity index is 2.06. The van der Waals surface area contributed by atoms with Gasteiger partial charge in [0.25, 0.3) is 0 Å².